The summed E-state index contributed by atoms with van der Waals surface area (Å²) in [6.45, 7) is 1.36. The molecule has 1 unspecified atom stereocenters. The second kappa shape index (κ2) is 9.34. The molecule has 3 aromatic rings. The Hall–Kier alpha value is -3.08. The third-order valence-corrected chi connectivity index (χ3v) is 7.30. The van der Waals surface area contributed by atoms with Crippen LogP contribution in [-0.4, -0.2) is 34.1 Å². The van der Waals surface area contributed by atoms with Crippen molar-refractivity contribution >= 4 is 16.8 Å². The number of H-pyrrole nitrogens is 1. The first kappa shape index (κ1) is 25.6. The molecule has 5 nitrogen and oxygen atoms in total. The molecule has 198 valence electrons. The maximum absolute atomic E-state index is 13.4. The van der Waals surface area contributed by atoms with Gasteiger partial charge in [-0.1, -0.05) is 25.0 Å². The highest BCUT2D eigenvalue weighted by Gasteiger charge is 2.47. The van der Waals surface area contributed by atoms with Crippen LogP contribution in [0.25, 0.3) is 10.9 Å². The first-order valence-corrected chi connectivity index (χ1v) is 12.1. The Bertz CT molecular complexity index is 1260. The van der Waals surface area contributed by atoms with Gasteiger partial charge in [-0.15, -0.1) is 0 Å². The van der Waals surface area contributed by atoms with E-state index >= 15 is 0 Å². The van der Waals surface area contributed by atoms with Crippen LogP contribution in [0.5, 0.6) is 0 Å². The SMILES string of the molecule is O=C(NCc1cc(C(F)(F)F)cc(C(F)(F)F)c1)C1(CC2CC2)CCN(Cc2ccc3cn[nH]c3c2)C1. The number of rotatable bonds is 7. The summed E-state index contributed by atoms with van der Waals surface area (Å²) in [7, 11) is 0. The predicted octanol–water partition coefficient (Wildman–Crippen LogP) is 5.91. The maximum Gasteiger partial charge on any atom is 0.416 e. The smallest absolute Gasteiger partial charge is 0.352 e. The number of halogens is 6. The van der Waals surface area contributed by atoms with E-state index in [0.717, 1.165) is 29.3 Å². The highest BCUT2D eigenvalue weighted by atomic mass is 19.4. The van der Waals surface area contributed by atoms with Gasteiger partial charge in [0.05, 0.1) is 28.3 Å². The number of carbonyl (C=O) groups excluding carboxylic acids is 1. The molecule has 2 aliphatic rings. The number of aromatic nitrogens is 2. The van der Waals surface area contributed by atoms with Gasteiger partial charge in [0.25, 0.3) is 0 Å². The molecular formula is C26H26F6N4O. The first-order valence-electron chi connectivity index (χ1n) is 12.1. The standard InChI is InChI=1S/C26H26F6N4O/c27-25(28,29)20-7-18(8-21(10-20)26(30,31)32)12-33-23(37)24(11-16-1-2-16)5-6-36(15-24)14-17-3-4-19-13-34-35-22(19)9-17/h3-4,7-10,13,16H,1-2,5-6,11-12,14-15H2,(H,33,37)(H,34,35). The molecule has 0 bridgehead atoms. The highest BCUT2D eigenvalue weighted by Crippen LogP contribution is 2.45. The van der Waals surface area contributed by atoms with Crippen molar-refractivity contribution in [3.8, 4) is 0 Å². The second-order valence-electron chi connectivity index (χ2n) is 10.3. The lowest BCUT2D eigenvalue weighted by Crippen LogP contribution is -2.43. The van der Waals surface area contributed by atoms with Gasteiger partial charge in [0, 0.05) is 25.0 Å². The molecule has 2 aromatic carbocycles. The normalized spacial score (nSPS) is 21.0. The number of hydrogen-bond donors (Lipinski definition) is 2. The number of hydrogen-bond acceptors (Lipinski definition) is 3. The fourth-order valence-corrected chi connectivity index (χ4v) is 5.24. The Morgan fingerprint density at radius 3 is 2.38 bits per heavy atom. The van der Waals surface area contributed by atoms with Crippen LogP contribution in [0.2, 0.25) is 0 Å². The Morgan fingerprint density at radius 1 is 1.03 bits per heavy atom. The molecule has 37 heavy (non-hydrogen) atoms. The zero-order chi connectivity index (χ0) is 26.4. The Kier molecular flexibility index (Phi) is 6.45. The van der Waals surface area contributed by atoms with Crippen molar-refractivity contribution in [2.75, 3.05) is 13.1 Å². The van der Waals surface area contributed by atoms with Gasteiger partial charge in [0.2, 0.25) is 5.91 Å². The minimum atomic E-state index is -4.93. The summed E-state index contributed by atoms with van der Waals surface area (Å²) in [4.78, 5) is 15.6. The zero-order valence-electron chi connectivity index (χ0n) is 19.8. The summed E-state index contributed by atoms with van der Waals surface area (Å²) in [5, 5.41) is 10.6. The van der Waals surface area contributed by atoms with Gasteiger partial charge in [-0.2, -0.15) is 31.4 Å². The van der Waals surface area contributed by atoms with Crippen LogP contribution in [0.4, 0.5) is 26.3 Å². The van der Waals surface area contributed by atoms with Crippen molar-refractivity contribution in [2.45, 2.75) is 51.1 Å². The number of nitrogens with zero attached hydrogens (tertiary/aromatic N) is 2. The van der Waals surface area contributed by atoms with Crippen LogP contribution < -0.4 is 5.32 Å². The molecule has 1 aliphatic heterocycles. The topological polar surface area (TPSA) is 61.0 Å². The van der Waals surface area contributed by atoms with Crippen LogP contribution in [-0.2, 0) is 30.2 Å². The third-order valence-electron chi connectivity index (χ3n) is 7.30. The Labute approximate surface area is 209 Å². The molecule has 11 heteroatoms. The van der Waals surface area contributed by atoms with Crippen molar-refractivity contribution in [2.24, 2.45) is 11.3 Å². The summed E-state index contributed by atoms with van der Waals surface area (Å²) in [5.74, 6) is 0.0920. The zero-order valence-corrected chi connectivity index (χ0v) is 19.8. The van der Waals surface area contributed by atoms with Gasteiger partial charge in [-0.3, -0.25) is 14.8 Å². The monoisotopic (exact) mass is 524 g/mol. The quantitative estimate of drug-likeness (QED) is 0.378. The second-order valence-corrected chi connectivity index (χ2v) is 10.3. The van der Waals surface area contributed by atoms with Crippen molar-refractivity contribution < 1.29 is 31.1 Å². The van der Waals surface area contributed by atoms with E-state index in [4.69, 9.17) is 0 Å². The van der Waals surface area contributed by atoms with E-state index in [1.165, 1.54) is 0 Å². The summed E-state index contributed by atoms with van der Waals surface area (Å²) >= 11 is 0. The van der Waals surface area contributed by atoms with Crippen molar-refractivity contribution in [3.63, 3.8) is 0 Å². The van der Waals surface area contributed by atoms with Gasteiger partial charge in [-0.25, -0.2) is 0 Å². The molecule has 5 rings (SSSR count). The lowest BCUT2D eigenvalue weighted by Gasteiger charge is -2.29. The minimum Gasteiger partial charge on any atom is -0.352 e. The Balaban J connectivity index is 1.30. The molecule has 1 saturated heterocycles. The van der Waals surface area contributed by atoms with E-state index in [9.17, 15) is 31.1 Å². The van der Waals surface area contributed by atoms with E-state index in [1.807, 2.05) is 18.2 Å². The number of carbonyl (C=O) groups is 1. The fourth-order valence-electron chi connectivity index (χ4n) is 5.24. The van der Waals surface area contributed by atoms with Crippen LogP contribution in [0.15, 0.2) is 42.6 Å². The molecule has 2 fully saturated rings. The van der Waals surface area contributed by atoms with Gasteiger partial charge in [0.15, 0.2) is 0 Å². The fraction of sp³-hybridized carbons (Fsp3) is 0.462. The highest BCUT2D eigenvalue weighted by molar-refractivity contribution is 5.83. The number of nitrogens with one attached hydrogen (secondary N) is 2. The number of benzene rings is 2. The molecule has 1 atom stereocenters. The average molecular weight is 525 g/mol. The first-order chi connectivity index (χ1) is 17.4. The number of fused-ring (bicyclic) bond motifs is 1. The molecule has 1 aliphatic carbocycles. The van der Waals surface area contributed by atoms with Gasteiger partial charge < -0.3 is 5.32 Å². The molecule has 2 N–H and O–H groups in total. The molecule has 0 spiro atoms. The maximum atomic E-state index is 13.4. The van der Waals surface area contributed by atoms with E-state index in [-0.39, 0.29) is 17.5 Å². The average Bonchev–Trinajstić information content (AvgIpc) is 3.35. The lowest BCUT2D eigenvalue weighted by molar-refractivity contribution is -0.143. The third kappa shape index (κ3) is 5.76. The van der Waals surface area contributed by atoms with E-state index in [0.29, 0.717) is 50.5 Å². The number of likely N-dealkylation sites (tertiary alicyclic amines) is 1. The van der Waals surface area contributed by atoms with Crippen molar-refractivity contribution in [1.82, 2.24) is 20.4 Å². The predicted molar refractivity (Wildman–Crippen MR) is 124 cm³/mol. The Morgan fingerprint density at radius 2 is 1.73 bits per heavy atom. The molecular weight excluding hydrogens is 498 g/mol. The summed E-state index contributed by atoms with van der Waals surface area (Å²) in [6.07, 6.45) is -4.84. The number of alkyl halides is 6. The van der Waals surface area contributed by atoms with Crippen LogP contribution >= 0.6 is 0 Å². The van der Waals surface area contributed by atoms with Crippen LogP contribution in [0.3, 0.4) is 0 Å². The molecule has 1 saturated carbocycles. The number of aromatic amines is 1. The lowest BCUT2D eigenvalue weighted by atomic mass is 9.80. The molecule has 0 radical (unpaired) electrons. The van der Waals surface area contributed by atoms with Crippen molar-refractivity contribution in [3.05, 3.63) is 64.8 Å². The summed E-state index contributed by atoms with van der Waals surface area (Å²) in [5.41, 5.74) is -1.77. The van der Waals surface area contributed by atoms with Crippen molar-refractivity contribution in [1.29, 1.82) is 0 Å². The summed E-state index contributed by atoms with van der Waals surface area (Å²) < 4.78 is 79.3. The largest absolute Gasteiger partial charge is 0.416 e. The van der Waals surface area contributed by atoms with E-state index in [2.05, 4.69) is 20.4 Å². The minimum absolute atomic E-state index is 0.0926. The van der Waals surface area contributed by atoms with Gasteiger partial charge >= 0.3 is 12.4 Å². The van der Waals surface area contributed by atoms with Gasteiger partial charge in [0.1, 0.15) is 0 Å². The molecule has 1 aromatic heterocycles. The van der Waals surface area contributed by atoms with Crippen LogP contribution in [0.1, 0.15) is 47.9 Å². The van der Waals surface area contributed by atoms with Crippen LogP contribution in [0, 0.1) is 11.3 Å². The summed E-state index contributed by atoms with van der Waals surface area (Å²) in [6, 6.07) is 7.40. The number of amides is 1. The van der Waals surface area contributed by atoms with E-state index < -0.39 is 35.4 Å². The molecule has 2 heterocycles. The molecule has 1 amide bonds. The van der Waals surface area contributed by atoms with E-state index in [1.54, 1.807) is 6.20 Å². The van der Waals surface area contributed by atoms with Gasteiger partial charge in [-0.05, 0) is 60.7 Å².